The van der Waals surface area contributed by atoms with Crippen molar-refractivity contribution in [3.05, 3.63) is 57.6 Å². The van der Waals surface area contributed by atoms with Crippen LogP contribution in [0.5, 0.6) is 5.75 Å². The van der Waals surface area contributed by atoms with Gasteiger partial charge in [0.25, 0.3) is 5.69 Å². The summed E-state index contributed by atoms with van der Waals surface area (Å²) in [5.41, 5.74) is 2.67. The van der Waals surface area contributed by atoms with Crippen LogP contribution in [0.2, 0.25) is 0 Å². The van der Waals surface area contributed by atoms with Crippen molar-refractivity contribution in [3.63, 3.8) is 0 Å². The SMILES string of the molecule is O=[N+]([O-])c1ccccc1N=Nc1c(O)ccc2c1CCCC2. The highest BCUT2D eigenvalue weighted by Crippen LogP contribution is 2.38. The van der Waals surface area contributed by atoms with Gasteiger partial charge in [0.2, 0.25) is 0 Å². The second-order valence-electron chi connectivity index (χ2n) is 5.22. The monoisotopic (exact) mass is 297 g/mol. The lowest BCUT2D eigenvalue weighted by Crippen LogP contribution is -2.02. The van der Waals surface area contributed by atoms with Crippen molar-refractivity contribution in [3.8, 4) is 5.75 Å². The molecule has 0 bridgehead atoms. The van der Waals surface area contributed by atoms with Crippen LogP contribution in [0.4, 0.5) is 17.1 Å². The number of nitro groups is 1. The summed E-state index contributed by atoms with van der Waals surface area (Å²) in [7, 11) is 0. The molecule has 1 N–H and O–H groups in total. The quantitative estimate of drug-likeness (QED) is 0.510. The average Bonchev–Trinajstić information content (AvgIpc) is 2.54. The Hall–Kier alpha value is -2.76. The molecular formula is C16H15N3O3. The first-order valence-corrected chi connectivity index (χ1v) is 7.15. The van der Waals surface area contributed by atoms with Crippen molar-refractivity contribution >= 4 is 17.1 Å². The molecule has 0 heterocycles. The summed E-state index contributed by atoms with van der Waals surface area (Å²) in [5, 5.41) is 29.1. The van der Waals surface area contributed by atoms with Gasteiger partial charge in [-0.05, 0) is 48.9 Å². The van der Waals surface area contributed by atoms with E-state index in [1.807, 2.05) is 6.07 Å². The number of aromatic hydroxyl groups is 1. The van der Waals surface area contributed by atoms with Crippen molar-refractivity contribution < 1.29 is 10.0 Å². The zero-order valence-corrected chi connectivity index (χ0v) is 11.9. The van der Waals surface area contributed by atoms with Gasteiger partial charge in [-0.25, -0.2) is 0 Å². The normalized spacial score (nSPS) is 14.0. The first kappa shape index (κ1) is 14.2. The molecule has 0 radical (unpaired) electrons. The molecule has 22 heavy (non-hydrogen) atoms. The van der Waals surface area contributed by atoms with E-state index < -0.39 is 4.92 Å². The molecular weight excluding hydrogens is 282 g/mol. The highest BCUT2D eigenvalue weighted by molar-refractivity contribution is 5.62. The zero-order valence-electron chi connectivity index (χ0n) is 11.9. The minimum atomic E-state index is -0.491. The summed E-state index contributed by atoms with van der Waals surface area (Å²) in [6, 6.07) is 9.69. The topological polar surface area (TPSA) is 88.1 Å². The van der Waals surface area contributed by atoms with E-state index in [-0.39, 0.29) is 17.1 Å². The van der Waals surface area contributed by atoms with Crippen LogP contribution in [0, 0.1) is 10.1 Å². The minimum Gasteiger partial charge on any atom is -0.506 e. The van der Waals surface area contributed by atoms with Gasteiger partial charge in [0.15, 0.2) is 5.69 Å². The molecule has 0 spiro atoms. The van der Waals surface area contributed by atoms with E-state index in [1.54, 1.807) is 18.2 Å². The van der Waals surface area contributed by atoms with E-state index in [2.05, 4.69) is 10.2 Å². The molecule has 0 unspecified atom stereocenters. The molecule has 0 amide bonds. The van der Waals surface area contributed by atoms with Crippen molar-refractivity contribution in [1.29, 1.82) is 0 Å². The predicted octanol–water partition coefficient (Wildman–Crippen LogP) is 4.59. The Labute approximate surface area is 127 Å². The van der Waals surface area contributed by atoms with Gasteiger partial charge in [0.05, 0.1) is 4.92 Å². The Morgan fingerprint density at radius 1 is 1.05 bits per heavy atom. The van der Waals surface area contributed by atoms with Gasteiger partial charge in [-0.15, -0.1) is 10.2 Å². The smallest absolute Gasteiger partial charge is 0.296 e. The number of hydrogen-bond donors (Lipinski definition) is 1. The Kier molecular flexibility index (Phi) is 3.82. The van der Waals surface area contributed by atoms with Gasteiger partial charge in [-0.1, -0.05) is 18.2 Å². The first-order chi connectivity index (χ1) is 10.7. The molecule has 0 saturated heterocycles. The zero-order chi connectivity index (χ0) is 15.5. The fourth-order valence-corrected chi connectivity index (χ4v) is 2.71. The van der Waals surface area contributed by atoms with Crippen molar-refractivity contribution in [2.24, 2.45) is 10.2 Å². The fraction of sp³-hybridized carbons (Fsp3) is 0.250. The van der Waals surface area contributed by atoms with E-state index in [0.717, 1.165) is 31.2 Å². The fourth-order valence-electron chi connectivity index (χ4n) is 2.71. The lowest BCUT2D eigenvalue weighted by molar-refractivity contribution is -0.384. The molecule has 6 heteroatoms. The molecule has 1 aliphatic rings. The summed E-state index contributed by atoms with van der Waals surface area (Å²) in [6.07, 6.45) is 3.97. The van der Waals surface area contributed by atoms with Crippen molar-refractivity contribution in [2.75, 3.05) is 0 Å². The van der Waals surface area contributed by atoms with E-state index in [9.17, 15) is 15.2 Å². The number of phenols is 1. The number of phenolic OH excluding ortho intramolecular Hbond substituents is 1. The Bertz CT molecular complexity index is 756. The van der Waals surface area contributed by atoms with Crippen LogP contribution >= 0.6 is 0 Å². The highest BCUT2D eigenvalue weighted by Gasteiger charge is 2.17. The van der Waals surface area contributed by atoms with E-state index in [1.165, 1.54) is 17.7 Å². The molecule has 0 fully saturated rings. The number of benzene rings is 2. The van der Waals surface area contributed by atoms with Crippen LogP contribution < -0.4 is 0 Å². The molecule has 0 aliphatic heterocycles. The average molecular weight is 297 g/mol. The van der Waals surface area contributed by atoms with Gasteiger partial charge < -0.3 is 5.11 Å². The maximum absolute atomic E-state index is 11.0. The number of rotatable bonds is 3. The summed E-state index contributed by atoms with van der Waals surface area (Å²) in [6.45, 7) is 0. The van der Waals surface area contributed by atoms with Crippen LogP contribution in [0.25, 0.3) is 0 Å². The minimum absolute atomic E-state index is 0.0583. The van der Waals surface area contributed by atoms with E-state index in [0.29, 0.717) is 5.69 Å². The molecule has 2 aromatic rings. The van der Waals surface area contributed by atoms with Gasteiger partial charge in [-0.2, -0.15) is 0 Å². The first-order valence-electron chi connectivity index (χ1n) is 7.15. The Morgan fingerprint density at radius 3 is 2.64 bits per heavy atom. The number of nitrogens with zero attached hydrogens (tertiary/aromatic N) is 3. The molecule has 2 aromatic carbocycles. The van der Waals surface area contributed by atoms with Gasteiger partial charge in [-0.3, -0.25) is 10.1 Å². The van der Waals surface area contributed by atoms with Crippen molar-refractivity contribution in [2.45, 2.75) is 25.7 Å². The third kappa shape index (κ3) is 2.67. The van der Waals surface area contributed by atoms with Crippen LogP contribution in [-0.2, 0) is 12.8 Å². The summed E-state index contributed by atoms with van der Waals surface area (Å²) < 4.78 is 0. The maximum atomic E-state index is 11.0. The summed E-state index contributed by atoms with van der Waals surface area (Å²) in [4.78, 5) is 10.5. The molecule has 0 saturated carbocycles. The van der Waals surface area contributed by atoms with Gasteiger partial charge >= 0.3 is 0 Å². The standard InChI is InChI=1S/C16H15N3O3/c20-15-10-9-11-5-1-2-6-12(11)16(15)18-17-13-7-3-4-8-14(13)19(21)22/h3-4,7-10,20H,1-2,5-6H2. The van der Waals surface area contributed by atoms with Crippen LogP contribution in [0.3, 0.4) is 0 Å². The lowest BCUT2D eigenvalue weighted by atomic mass is 9.90. The third-order valence-corrected chi connectivity index (χ3v) is 3.82. The molecule has 0 atom stereocenters. The number of para-hydroxylation sites is 1. The number of nitro benzene ring substituents is 1. The lowest BCUT2D eigenvalue weighted by Gasteiger charge is -2.17. The molecule has 6 nitrogen and oxygen atoms in total. The maximum Gasteiger partial charge on any atom is 0.296 e. The Balaban J connectivity index is 2.02. The van der Waals surface area contributed by atoms with E-state index >= 15 is 0 Å². The Morgan fingerprint density at radius 2 is 1.82 bits per heavy atom. The second kappa shape index (κ2) is 5.93. The number of azo groups is 1. The van der Waals surface area contributed by atoms with E-state index in [4.69, 9.17) is 0 Å². The molecule has 112 valence electrons. The summed E-state index contributed by atoms with van der Waals surface area (Å²) >= 11 is 0. The molecule has 0 aromatic heterocycles. The van der Waals surface area contributed by atoms with Gasteiger partial charge in [0.1, 0.15) is 11.4 Å². The second-order valence-corrected chi connectivity index (χ2v) is 5.22. The third-order valence-electron chi connectivity index (χ3n) is 3.82. The molecule has 1 aliphatic carbocycles. The van der Waals surface area contributed by atoms with Crippen LogP contribution in [0.1, 0.15) is 24.0 Å². The van der Waals surface area contributed by atoms with Crippen LogP contribution in [0.15, 0.2) is 46.6 Å². The van der Waals surface area contributed by atoms with Crippen LogP contribution in [-0.4, -0.2) is 10.0 Å². The predicted molar refractivity (Wildman–Crippen MR) is 82.0 cm³/mol. The van der Waals surface area contributed by atoms with Crippen molar-refractivity contribution in [1.82, 2.24) is 0 Å². The molecule has 3 rings (SSSR count). The number of fused-ring (bicyclic) bond motifs is 1. The summed E-state index contributed by atoms with van der Waals surface area (Å²) in [5.74, 6) is 0.0583. The largest absolute Gasteiger partial charge is 0.506 e. The highest BCUT2D eigenvalue weighted by atomic mass is 16.6. The van der Waals surface area contributed by atoms with Gasteiger partial charge in [0, 0.05) is 6.07 Å². The number of aryl methyl sites for hydroxylation is 1. The number of hydrogen-bond acceptors (Lipinski definition) is 5.